The summed E-state index contributed by atoms with van der Waals surface area (Å²) in [7, 11) is -3.40. The summed E-state index contributed by atoms with van der Waals surface area (Å²) in [5.74, 6) is 0.347. The molecule has 0 amide bonds. The van der Waals surface area contributed by atoms with E-state index in [2.05, 4.69) is 37.8 Å². The minimum atomic E-state index is -3.40. The lowest BCUT2D eigenvalue weighted by Gasteiger charge is -2.13. The van der Waals surface area contributed by atoms with Crippen molar-refractivity contribution >= 4 is 81.4 Å². The van der Waals surface area contributed by atoms with Crippen molar-refractivity contribution in [2.45, 2.75) is 76.0 Å². The van der Waals surface area contributed by atoms with Gasteiger partial charge in [0, 0.05) is 30.7 Å². The van der Waals surface area contributed by atoms with Crippen LogP contribution in [0.2, 0.25) is 0 Å². The van der Waals surface area contributed by atoms with E-state index in [0.717, 1.165) is 51.4 Å². The van der Waals surface area contributed by atoms with E-state index >= 15 is 0 Å². The molecule has 40 heavy (non-hydrogen) atoms. The van der Waals surface area contributed by atoms with Gasteiger partial charge in [-0.25, -0.2) is 18.4 Å². The molecule has 6 heterocycles. The molecule has 0 bridgehead atoms. The summed E-state index contributed by atoms with van der Waals surface area (Å²) in [6.45, 7) is 0. The van der Waals surface area contributed by atoms with Crippen LogP contribution in [0.25, 0.3) is 42.5 Å². The predicted octanol–water partition coefficient (Wildman–Crippen LogP) is 5.93. The number of aromatic nitrogens is 8. The van der Waals surface area contributed by atoms with E-state index in [9.17, 15) is 8.42 Å². The summed E-state index contributed by atoms with van der Waals surface area (Å²) in [6.07, 6.45) is 18.0. The minimum absolute atomic E-state index is 0. The van der Waals surface area contributed by atoms with Crippen LogP contribution in [0, 0.1) is 0 Å². The number of rotatable bonds is 3. The van der Waals surface area contributed by atoms with Gasteiger partial charge in [0.05, 0.1) is 43.6 Å². The quantitative estimate of drug-likeness (QED) is 0.245. The number of nitrogens with two attached hydrogens (primary N) is 1. The molecule has 2 aliphatic carbocycles. The van der Waals surface area contributed by atoms with Gasteiger partial charge in [0.15, 0.2) is 0 Å². The van der Waals surface area contributed by atoms with Gasteiger partial charge in [-0.2, -0.15) is 18.7 Å². The van der Waals surface area contributed by atoms with E-state index in [0.29, 0.717) is 18.0 Å². The van der Waals surface area contributed by atoms with Crippen molar-refractivity contribution in [2.75, 3.05) is 12.0 Å². The molecule has 0 unspecified atom stereocenters. The fraction of sp³-hybridized carbons (Fsp3) is 0.462. The third kappa shape index (κ3) is 4.41. The minimum Gasteiger partial charge on any atom is -0.368 e. The van der Waals surface area contributed by atoms with Crippen molar-refractivity contribution in [3.05, 3.63) is 24.8 Å². The number of nitrogen functional groups attached to an aromatic ring is 1. The van der Waals surface area contributed by atoms with E-state index in [1.165, 1.54) is 71.8 Å². The third-order valence-electron chi connectivity index (χ3n) is 7.81. The SMILES string of the molecule is C.CS(=O)(=O)c1ncc2c3sncc3n(C3CCCC3)c2n1.Nc1ncc2c3sncc3n(C3CCCC3)c2n1. The molecule has 0 aliphatic heterocycles. The Labute approximate surface area is 239 Å². The molecular weight excluding hydrogens is 567 g/mol. The second-order valence-electron chi connectivity index (χ2n) is 10.3. The van der Waals surface area contributed by atoms with E-state index in [1.807, 2.05) is 18.6 Å². The molecule has 0 aromatic carbocycles. The van der Waals surface area contributed by atoms with Gasteiger partial charge >= 0.3 is 0 Å². The fourth-order valence-corrected chi connectivity index (χ4v) is 8.07. The topological polar surface area (TPSA) is 147 Å². The van der Waals surface area contributed by atoms with Crippen LogP contribution in [0.15, 0.2) is 29.9 Å². The van der Waals surface area contributed by atoms with Crippen LogP contribution in [-0.4, -0.2) is 52.5 Å². The van der Waals surface area contributed by atoms with Crippen molar-refractivity contribution in [3.63, 3.8) is 0 Å². The highest BCUT2D eigenvalue weighted by molar-refractivity contribution is 7.90. The average molecular weight is 598 g/mol. The summed E-state index contributed by atoms with van der Waals surface area (Å²) in [4.78, 5) is 16.9. The van der Waals surface area contributed by atoms with E-state index in [1.54, 1.807) is 6.20 Å². The zero-order chi connectivity index (χ0) is 26.7. The van der Waals surface area contributed by atoms with Crippen LogP contribution in [0.1, 0.15) is 70.9 Å². The first-order valence-corrected chi connectivity index (χ1v) is 16.5. The number of fused-ring (bicyclic) bond motifs is 6. The Morgan fingerprint density at radius 2 is 1.25 bits per heavy atom. The Morgan fingerprint density at radius 3 is 1.75 bits per heavy atom. The maximum atomic E-state index is 11.7. The van der Waals surface area contributed by atoms with Gasteiger partial charge in [-0.3, -0.25) is 0 Å². The van der Waals surface area contributed by atoms with Gasteiger partial charge in [-0.05, 0) is 48.7 Å². The molecule has 210 valence electrons. The number of anilines is 1. The molecule has 0 saturated heterocycles. The Balaban J connectivity index is 0.000000143. The smallest absolute Gasteiger partial charge is 0.248 e. The van der Waals surface area contributed by atoms with Gasteiger partial charge in [0.1, 0.15) is 11.3 Å². The lowest BCUT2D eigenvalue weighted by Crippen LogP contribution is -2.08. The monoisotopic (exact) mass is 597 g/mol. The fourth-order valence-electron chi connectivity index (χ4n) is 6.09. The molecule has 0 radical (unpaired) electrons. The average Bonchev–Trinajstić information content (AvgIpc) is 3.73. The molecule has 2 saturated carbocycles. The zero-order valence-corrected chi connectivity index (χ0v) is 23.8. The van der Waals surface area contributed by atoms with Crippen LogP contribution in [0.3, 0.4) is 0 Å². The molecule has 11 nitrogen and oxygen atoms in total. The number of nitrogens with zero attached hydrogens (tertiary/aromatic N) is 8. The lowest BCUT2D eigenvalue weighted by molar-refractivity contribution is 0.544. The summed E-state index contributed by atoms with van der Waals surface area (Å²) in [5.41, 5.74) is 9.65. The molecule has 0 spiro atoms. The predicted molar refractivity (Wildman–Crippen MR) is 161 cm³/mol. The van der Waals surface area contributed by atoms with Gasteiger partial charge in [-0.15, -0.1) is 0 Å². The summed E-state index contributed by atoms with van der Waals surface area (Å²) in [5, 5.41) is 1.87. The Hall–Kier alpha value is -3.23. The van der Waals surface area contributed by atoms with Crippen molar-refractivity contribution < 1.29 is 8.42 Å². The molecule has 2 fully saturated rings. The lowest BCUT2D eigenvalue weighted by atomic mass is 10.2. The highest BCUT2D eigenvalue weighted by Gasteiger charge is 2.26. The summed E-state index contributed by atoms with van der Waals surface area (Å²) >= 11 is 2.92. The van der Waals surface area contributed by atoms with Crippen molar-refractivity contribution in [1.82, 2.24) is 37.8 Å². The van der Waals surface area contributed by atoms with Gasteiger partial charge in [-0.1, -0.05) is 33.1 Å². The number of hydrogen-bond acceptors (Lipinski definition) is 11. The van der Waals surface area contributed by atoms with E-state index < -0.39 is 9.84 Å². The van der Waals surface area contributed by atoms with Crippen LogP contribution in [0.5, 0.6) is 0 Å². The molecule has 14 heteroatoms. The van der Waals surface area contributed by atoms with E-state index in [-0.39, 0.29) is 12.6 Å². The standard InChI is InChI=1S/C13H14N4O2S2.C12H13N5S.CH4/c1-21(18,19)13-14-6-9-11-10(7-15-20-11)17(12(9)16-13)8-4-2-3-5-8;13-12-14-5-8-10-9(6-15-18-10)17(11(8)16-12)7-3-1-2-4-7;/h6-8H,2-5H2,1H3;5-7H,1-4H2,(H2,13,14,16);1H4. The van der Waals surface area contributed by atoms with Crippen molar-refractivity contribution in [3.8, 4) is 0 Å². The van der Waals surface area contributed by atoms with Crippen molar-refractivity contribution in [2.24, 2.45) is 0 Å². The van der Waals surface area contributed by atoms with Crippen LogP contribution >= 0.6 is 23.1 Å². The highest BCUT2D eigenvalue weighted by Crippen LogP contribution is 2.40. The van der Waals surface area contributed by atoms with Crippen LogP contribution in [0.4, 0.5) is 5.95 Å². The summed E-state index contributed by atoms with van der Waals surface area (Å²) in [6, 6.07) is 0.916. The van der Waals surface area contributed by atoms with Crippen LogP contribution < -0.4 is 5.73 Å². The first-order chi connectivity index (χ1) is 18.9. The largest absolute Gasteiger partial charge is 0.368 e. The van der Waals surface area contributed by atoms with Gasteiger partial charge in [0.25, 0.3) is 0 Å². The molecular formula is C26H31N9O2S3. The van der Waals surface area contributed by atoms with Gasteiger partial charge < -0.3 is 14.9 Å². The Morgan fingerprint density at radius 1 is 0.775 bits per heavy atom. The Bertz CT molecular complexity index is 1940. The van der Waals surface area contributed by atoms with E-state index in [4.69, 9.17) is 5.73 Å². The molecule has 6 aromatic heterocycles. The highest BCUT2D eigenvalue weighted by atomic mass is 32.2. The molecule has 8 rings (SSSR count). The number of sulfone groups is 1. The first-order valence-electron chi connectivity index (χ1n) is 13.1. The normalized spacial score (nSPS) is 16.7. The Kier molecular flexibility index (Phi) is 6.95. The zero-order valence-electron chi connectivity index (χ0n) is 21.3. The summed E-state index contributed by atoms with van der Waals surface area (Å²) < 4.78 is 38.7. The second kappa shape index (κ2) is 10.3. The number of hydrogen-bond donors (Lipinski definition) is 1. The first kappa shape index (κ1) is 27.0. The molecule has 6 aromatic rings. The molecule has 2 N–H and O–H groups in total. The van der Waals surface area contributed by atoms with Crippen LogP contribution in [-0.2, 0) is 9.84 Å². The molecule has 0 atom stereocenters. The second-order valence-corrected chi connectivity index (χ2v) is 13.8. The third-order valence-corrected chi connectivity index (χ3v) is 10.3. The van der Waals surface area contributed by atoms with Crippen molar-refractivity contribution in [1.29, 1.82) is 0 Å². The maximum Gasteiger partial charge on any atom is 0.248 e. The maximum absolute atomic E-state index is 11.7. The van der Waals surface area contributed by atoms with Gasteiger partial charge in [0.2, 0.25) is 20.9 Å². The molecule has 2 aliphatic rings.